The van der Waals surface area contributed by atoms with Gasteiger partial charge in [-0.05, 0) is 36.8 Å². The lowest BCUT2D eigenvalue weighted by Gasteiger charge is -2.23. The van der Waals surface area contributed by atoms with Crippen LogP contribution in [0.4, 0.5) is 4.39 Å². The Kier molecular flexibility index (Phi) is 8.88. The maximum Gasteiger partial charge on any atom is 0.224 e. The molecule has 2 aromatic carbocycles. The van der Waals surface area contributed by atoms with Crippen LogP contribution < -0.4 is 11.1 Å². The van der Waals surface area contributed by atoms with Gasteiger partial charge in [-0.3, -0.25) is 4.79 Å². The van der Waals surface area contributed by atoms with Crippen molar-refractivity contribution < 1.29 is 9.18 Å². The van der Waals surface area contributed by atoms with Crippen molar-refractivity contribution >= 4 is 41.8 Å². The minimum Gasteiger partial charge on any atom is -0.347 e. The van der Waals surface area contributed by atoms with E-state index >= 15 is 0 Å². The van der Waals surface area contributed by atoms with E-state index in [9.17, 15) is 9.18 Å². The Morgan fingerprint density at radius 3 is 2.43 bits per heavy atom. The van der Waals surface area contributed by atoms with E-state index < -0.39 is 0 Å². The number of amides is 1. The van der Waals surface area contributed by atoms with E-state index in [2.05, 4.69) is 10.3 Å². The number of nitrogens with two attached hydrogens (primary N) is 1. The molecule has 5 nitrogen and oxygen atoms in total. The van der Waals surface area contributed by atoms with Crippen LogP contribution >= 0.6 is 24.8 Å². The van der Waals surface area contributed by atoms with Crippen LogP contribution in [-0.2, 0) is 11.3 Å². The van der Waals surface area contributed by atoms with Crippen LogP contribution in [0.5, 0.6) is 0 Å². The Bertz CT molecular complexity index is 899. The molecule has 0 radical (unpaired) electrons. The molecule has 0 aliphatic rings. The minimum absolute atomic E-state index is 0. The SMILES string of the molecule is CC(N)C(C)C(=O)NC(Cn1cnc2ccccc21)c1ccc(F)cc1.Cl.Cl. The van der Waals surface area contributed by atoms with Gasteiger partial charge in [0.25, 0.3) is 0 Å². The largest absolute Gasteiger partial charge is 0.347 e. The Balaban J connectivity index is 0.00000196. The average Bonchev–Trinajstić information content (AvgIpc) is 3.04. The van der Waals surface area contributed by atoms with Gasteiger partial charge in [0.1, 0.15) is 5.82 Å². The molecule has 0 aliphatic heterocycles. The topological polar surface area (TPSA) is 72.9 Å². The van der Waals surface area contributed by atoms with Crippen LogP contribution in [0.1, 0.15) is 25.5 Å². The molecule has 0 aliphatic carbocycles. The highest BCUT2D eigenvalue weighted by atomic mass is 35.5. The maximum atomic E-state index is 13.3. The molecular formula is C20H25Cl2FN4O. The van der Waals surface area contributed by atoms with Crippen LogP contribution in [-0.4, -0.2) is 21.5 Å². The fourth-order valence-electron chi connectivity index (χ4n) is 2.82. The van der Waals surface area contributed by atoms with Crippen molar-refractivity contribution in [1.29, 1.82) is 0 Å². The molecule has 28 heavy (non-hydrogen) atoms. The fourth-order valence-corrected chi connectivity index (χ4v) is 2.82. The standard InChI is InChI=1S/C20H23FN4O.2ClH/c1-13(14(2)22)20(26)24-18(15-7-9-16(21)10-8-15)11-25-12-23-17-5-3-4-6-19(17)25;;/h3-10,12-14,18H,11,22H2,1-2H3,(H,24,26);2*1H. The molecule has 8 heteroatoms. The summed E-state index contributed by atoms with van der Waals surface area (Å²) in [6.45, 7) is 4.10. The Morgan fingerprint density at radius 1 is 1.14 bits per heavy atom. The normalized spacial score (nSPS) is 13.7. The number of hydrogen-bond donors (Lipinski definition) is 2. The lowest BCUT2D eigenvalue weighted by Crippen LogP contribution is -2.41. The number of imidazole rings is 1. The van der Waals surface area contributed by atoms with Crippen LogP contribution in [0.2, 0.25) is 0 Å². The Labute approximate surface area is 176 Å². The molecule has 1 aromatic heterocycles. The molecule has 3 unspecified atom stereocenters. The zero-order chi connectivity index (χ0) is 18.7. The summed E-state index contributed by atoms with van der Waals surface area (Å²) >= 11 is 0. The van der Waals surface area contributed by atoms with Crippen molar-refractivity contribution in [2.75, 3.05) is 0 Å². The van der Waals surface area contributed by atoms with E-state index in [1.54, 1.807) is 32.3 Å². The molecule has 0 saturated carbocycles. The predicted octanol–water partition coefficient (Wildman–Crippen LogP) is 3.86. The summed E-state index contributed by atoms with van der Waals surface area (Å²) in [5.41, 5.74) is 8.55. The highest BCUT2D eigenvalue weighted by molar-refractivity contribution is 5.85. The van der Waals surface area contributed by atoms with Crippen LogP contribution in [0.15, 0.2) is 54.9 Å². The number of fused-ring (bicyclic) bond motifs is 1. The monoisotopic (exact) mass is 426 g/mol. The van der Waals surface area contributed by atoms with E-state index in [4.69, 9.17) is 5.73 Å². The fraction of sp³-hybridized carbons (Fsp3) is 0.300. The van der Waals surface area contributed by atoms with E-state index in [-0.39, 0.29) is 54.5 Å². The molecular weight excluding hydrogens is 402 g/mol. The third-order valence-corrected chi connectivity index (χ3v) is 4.70. The molecule has 0 spiro atoms. The number of halogens is 3. The van der Waals surface area contributed by atoms with Gasteiger partial charge in [0.2, 0.25) is 5.91 Å². The number of aromatic nitrogens is 2. The molecule has 3 rings (SSSR count). The molecule has 0 bridgehead atoms. The zero-order valence-corrected chi connectivity index (χ0v) is 17.3. The van der Waals surface area contributed by atoms with Crippen molar-refractivity contribution in [1.82, 2.24) is 14.9 Å². The first-order valence-corrected chi connectivity index (χ1v) is 8.67. The number of hydrogen-bond acceptors (Lipinski definition) is 3. The Morgan fingerprint density at radius 2 is 1.79 bits per heavy atom. The number of para-hydroxylation sites is 2. The van der Waals surface area contributed by atoms with Gasteiger partial charge < -0.3 is 15.6 Å². The summed E-state index contributed by atoms with van der Waals surface area (Å²) in [6, 6.07) is 13.4. The van der Waals surface area contributed by atoms with Gasteiger partial charge in [-0.15, -0.1) is 24.8 Å². The molecule has 3 atom stereocenters. The Hall–Kier alpha value is -2.15. The zero-order valence-electron chi connectivity index (χ0n) is 15.7. The maximum absolute atomic E-state index is 13.3. The number of carbonyl (C=O) groups is 1. The summed E-state index contributed by atoms with van der Waals surface area (Å²) in [7, 11) is 0. The number of rotatable bonds is 6. The molecule has 0 fully saturated rings. The summed E-state index contributed by atoms with van der Waals surface area (Å²) in [4.78, 5) is 16.9. The summed E-state index contributed by atoms with van der Waals surface area (Å²) in [6.07, 6.45) is 1.75. The van der Waals surface area contributed by atoms with Crippen LogP contribution in [0.3, 0.4) is 0 Å². The van der Waals surface area contributed by atoms with Crippen molar-refractivity contribution in [3.8, 4) is 0 Å². The number of nitrogens with one attached hydrogen (secondary N) is 1. The smallest absolute Gasteiger partial charge is 0.224 e. The molecule has 3 aromatic rings. The molecule has 1 heterocycles. The van der Waals surface area contributed by atoms with Crippen LogP contribution in [0, 0.1) is 11.7 Å². The highest BCUT2D eigenvalue weighted by Crippen LogP contribution is 2.20. The van der Waals surface area contributed by atoms with Crippen molar-refractivity contribution in [2.24, 2.45) is 11.7 Å². The van der Waals surface area contributed by atoms with E-state index in [1.807, 2.05) is 28.8 Å². The van der Waals surface area contributed by atoms with Crippen molar-refractivity contribution in [3.05, 3.63) is 66.2 Å². The van der Waals surface area contributed by atoms with Gasteiger partial charge >= 0.3 is 0 Å². The quantitative estimate of drug-likeness (QED) is 0.628. The second kappa shape index (κ2) is 10.4. The number of benzene rings is 2. The van der Waals surface area contributed by atoms with Gasteiger partial charge in [0.15, 0.2) is 0 Å². The predicted molar refractivity (Wildman–Crippen MR) is 114 cm³/mol. The first-order chi connectivity index (χ1) is 12.5. The van der Waals surface area contributed by atoms with Gasteiger partial charge in [0, 0.05) is 18.5 Å². The summed E-state index contributed by atoms with van der Waals surface area (Å²) in [5, 5.41) is 3.05. The van der Waals surface area contributed by atoms with Gasteiger partial charge in [-0.25, -0.2) is 9.37 Å². The first kappa shape index (κ1) is 23.9. The number of carbonyl (C=O) groups excluding carboxylic acids is 1. The van der Waals surface area contributed by atoms with E-state index in [0.717, 1.165) is 16.6 Å². The summed E-state index contributed by atoms with van der Waals surface area (Å²) in [5.74, 6) is -0.757. The molecule has 1 amide bonds. The molecule has 3 N–H and O–H groups in total. The second-order valence-electron chi connectivity index (χ2n) is 6.65. The van der Waals surface area contributed by atoms with Crippen LogP contribution in [0.25, 0.3) is 11.0 Å². The third-order valence-electron chi connectivity index (χ3n) is 4.70. The number of nitrogens with zero attached hydrogens (tertiary/aromatic N) is 2. The van der Waals surface area contributed by atoms with Gasteiger partial charge in [-0.1, -0.05) is 31.2 Å². The summed E-state index contributed by atoms with van der Waals surface area (Å²) < 4.78 is 15.3. The van der Waals surface area contributed by atoms with Crippen molar-refractivity contribution in [3.63, 3.8) is 0 Å². The molecule has 152 valence electrons. The first-order valence-electron chi connectivity index (χ1n) is 8.67. The van der Waals surface area contributed by atoms with E-state index in [0.29, 0.717) is 6.54 Å². The highest BCUT2D eigenvalue weighted by Gasteiger charge is 2.22. The minimum atomic E-state index is -0.322. The van der Waals surface area contributed by atoms with Gasteiger partial charge in [0.05, 0.1) is 23.4 Å². The lowest BCUT2D eigenvalue weighted by atomic mass is 10.0. The van der Waals surface area contributed by atoms with Crippen molar-refractivity contribution in [2.45, 2.75) is 32.5 Å². The average molecular weight is 427 g/mol. The third kappa shape index (κ3) is 5.44. The van der Waals surface area contributed by atoms with Gasteiger partial charge in [-0.2, -0.15) is 0 Å². The second-order valence-corrected chi connectivity index (χ2v) is 6.65. The molecule has 0 saturated heterocycles. The van der Waals surface area contributed by atoms with E-state index in [1.165, 1.54) is 12.1 Å². The lowest BCUT2D eigenvalue weighted by molar-refractivity contribution is -0.125.